The molecular formula is C9H8N2S. The number of hydrogen-bond acceptors (Lipinski definition) is 2. The van der Waals surface area contributed by atoms with Crippen LogP contribution in [-0.2, 0) is 0 Å². The largest absolute Gasteiger partial charge is 0.345 e. The number of aromatic amines is 1. The van der Waals surface area contributed by atoms with Gasteiger partial charge < -0.3 is 4.98 Å². The van der Waals surface area contributed by atoms with Gasteiger partial charge in [0.15, 0.2) is 0 Å². The van der Waals surface area contributed by atoms with E-state index in [-0.39, 0.29) is 0 Å². The van der Waals surface area contributed by atoms with Crippen molar-refractivity contribution < 1.29 is 0 Å². The lowest BCUT2D eigenvalue weighted by atomic mass is 10.2. The van der Waals surface area contributed by atoms with E-state index in [0.29, 0.717) is 0 Å². The van der Waals surface area contributed by atoms with Crippen LogP contribution in [0.3, 0.4) is 0 Å². The number of rotatable bonds is 1. The Morgan fingerprint density at radius 3 is 3.17 bits per heavy atom. The fraction of sp³-hybridized carbons (Fsp3) is 0.111. The van der Waals surface area contributed by atoms with Gasteiger partial charge in [0, 0.05) is 28.2 Å². The van der Waals surface area contributed by atoms with Crippen LogP contribution >= 0.6 is 12.2 Å². The molecule has 0 unspecified atom stereocenters. The lowest BCUT2D eigenvalue weighted by Gasteiger charge is -1.92. The number of fused-ring (bicyclic) bond motifs is 1. The highest BCUT2D eigenvalue weighted by atomic mass is 32.1. The highest BCUT2D eigenvalue weighted by molar-refractivity contribution is 7.80. The molecule has 1 N–H and O–H groups in total. The molecule has 0 saturated heterocycles. The van der Waals surface area contributed by atoms with Gasteiger partial charge in [0.1, 0.15) is 5.65 Å². The van der Waals surface area contributed by atoms with Gasteiger partial charge in [-0.15, -0.1) is 0 Å². The molecule has 0 amide bonds. The average Bonchev–Trinajstić information content (AvgIpc) is 2.47. The summed E-state index contributed by atoms with van der Waals surface area (Å²) in [5, 5.41) is 1.10. The van der Waals surface area contributed by atoms with E-state index in [1.165, 1.54) is 0 Å². The van der Waals surface area contributed by atoms with E-state index in [0.717, 1.165) is 21.5 Å². The van der Waals surface area contributed by atoms with Crippen molar-refractivity contribution in [3.63, 3.8) is 0 Å². The average molecular weight is 176 g/mol. The van der Waals surface area contributed by atoms with Crippen LogP contribution < -0.4 is 0 Å². The van der Waals surface area contributed by atoms with Crippen molar-refractivity contribution in [2.45, 2.75) is 6.92 Å². The molecule has 0 bridgehead atoms. The van der Waals surface area contributed by atoms with Crippen LogP contribution in [-0.4, -0.2) is 14.8 Å². The Bertz CT molecular complexity index is 431. The molecule has 2 rings (SSSR count). The van der Waals surface area contributed by atoms with Crippen molar-refractivity contribution in [2.24, 2.45) is 0 Å². The van der Waals surface area contributed by atoms with Crippen LogP contribution in [0.2, 0.25) is 0 Å². The van der Waals surface area contributed by atoms with Crippen LogP contribution in [0.4, 0.5) is 0 Å². The van der Waals surface area contributed by atoms with Crippen LogP contribution in [0.15, 0.2) is 24.5 Å². The number of nitrogens with one attached hydrogen (secondary N) is 1. The predicted octanol–water partition coefficient (Wildman–Crippen LogP) is 2.30. The number of pyridine rings is 1. The molecule has 2 nitrogen and oxygen atoms in total. The number of aromatic nitrogens is 2. The van der Waals surface area contributed by atoms with Crippen LogP contribution in [0.5, 0.6) is 0 Å². The molecule has 60 valence electrons. The van der Waals surface area contributed by atoms with Gasteiger partial charge in [0.05, 0.1) is 0 Å². The maximum atomic E-state index is 5.10. The molecule has 12 heavy (non-hydrogen) atoms. The second kappa shape index (κ2) is 2.68. The molecule has 0 spiro atoms. The van der Waals surface area contributed by atoms with Crippen LogP contribution in [0.25, 0.3) is 11.0 Å². The van der Waals surface area contributed by atoms with Gasteiger partial charge in [-0.3, -0.25) is 0 Å². The van der Waals surface area contributed by atoms with Gasteiger partial charge in [-0.2, -0.15) is 0 Å². The Balaban J connectivity index is 2.79. The van der Waals surface area contributed by atoms with Crippen molar-refractivity contribution in [1.29, 1.82) is 0 Å². The van der Waals surface area contributed by atoms with Crippen molar-refractivity contribution in [1.82, 2.24) is 9.97 Å². The highest BCUT2D eigenvalue weighted by Gasteiger charge is 2.03. The molecule has 0 aliphatic rings. The molecular weight excluding hydrogens is 168 g/mol. The minimum absolute atomic E-state index is 0.897. The third-order valence-electron chi connectivity index (χ3n) is 1.83. The van der Waals surface area contributed by atoms with Crippen molar-refractivity contribution >= 4 is 28.1 Å². The summed E-state index contributed by atoms with van der Waals surface area (Å²) in [7, 11) is 0. The maximum Gasteiger partial charge on any atom is 0.137 e. The second-order valence-electron chi connectivity index (χ2n) is 2.66. The third-order valence-corrected chi connectivity index (χ3v) is 2.05. The van der Waals surface area contributed by atoms with E-state index < -0.39 is 0 Å². The van der Waals surface area contributed by atoms with Crippen molar-refractivity contribution in [2.75, 3.05) is 0 Å². The first-order valence-corrected chi connectivity index (χ1v) is 4.13. The molecule has 2 aromatic rings. The number of thiocarbonyl (C=S) groups is 1. The SMILES string of the molecule is CC(=S)c1c[nH]c2ncccc12. The van der Waals surface area contributed by atoms with Crippen molar-refractivity contribution in [3.05, 3.63) is 30.1 Å². The van der Waals surface area contributed by atoms with Gasteiger partial charge in [0.25, 0.3) is 0 Å². The fourth-order valence-corrected chi connectivity index (χ4v) is 1.42. The third kappa shape index (κ3) is 1.02. The summed E-state index contributed by atoms with van der Waals surface area (Å²) in [6.45, 7) is 1.92. The van der Waals surface area contributed by atoms with E-state index in [1.807, 2.05) is 25.3 Å². The smallest absolute Gasteiger partial charge is 0.137 e. The molecule has 2 aromatic heterocycles. The van der Waals surface area contributed by atoms with E-state index in [2.05, 4.69) is 9.97 Å². The minimum Gasteiger partial charge on any atom is -0.345 e. The molecule has 0 aliphatic heterocycles. The summed E-state index contributed by atoms with van der Waals surface area (Å²) in [5.41, 5.74) is 1.98. The Hall–Kier alpha value is -1.22. The van der Waals surface area contributed by atoms with Crippen LogP contribution in [0, 0.1) is 0 Å². The number of nitrogens with zero attached hydrogens (tertiary/aromatic N) is 1. The quantitative estimate of drug-likeness (QED) is 0.533. The van der Waals surface area contributed by atoms with Crippen molar-refractivity contribution in [3.8, 4) is 0 Å². The van der Waals surface area contributed by atoms with E-state index in [9.17, 15) is 0 Å². The fourth-order valence-electron chi connectivity index (χ4n) is 1.25. The molecule has 0 radical (unpaired) electrons. The Morgan fingerprint density at radius 1 is 1.58 bits per heavy atom. The lowest BCUT2D eigenvalue weighted by molar-refractivity contribution is 1.33. The zero-order valence-corrected chi connectivity index (χ0v) is 7.48. The van der Waals surface area contributed by atoms with Crippen LogP contribution in [0.1, 0.15) is 12.5 Å². The summed E-state index contributed by atoms with van der Waals surface area (Å²) in [6, 6.07) is 3.93. The summed E-state index contributed by atoms with van der Waals surface area (Å²) in [5.74, 6) is 0. The first-order valence-electron chi connectivity index (χ1n) is 3.72. The normalized spacial score (nSPS) is 10.4. The summed E-state index contributed by atoms with van der Waals surface area (Å²) in [4.78, 5) is 8.14. The zero-order valence-electron chi connectivity index (χ0n) is 6.66. The molecule has 2 heterocycles. The van der Waals surface area contributed by atoms with Gasteiger partial charge in [0.2, 0.25) is 0 Å². The van der Waals surface area contributed by atoms with E-state index in [1.54, 1.807) is 6.20 Å². The highest BCUT2D eigenvalue weighted by Crippen LogP contribution is 2.15. The number of hydrogen-bond donors (Lipinski definition) is 1. The molecule has 0 aromatic carbocycles. The topological polar surface area (TPSA) is 28.7 Å². The maximum absolute atomic E-state index is 5.10. The minimum atomic E-state index is 0.897. The second-order valence-corrected chi connectivity index (χ2v) is 3.27. The summed E-state index contributed by atoms with van der Waals surface area (Å²) in [6.07, 6.45) is 3.67. The Morgan fingerprint density at radius 2 is 2.42 bits per heavy atom. The molecule has 3 heteroatoms. The first-order chi connectivity index (χ1) is 5.79. The monoisotopic (exact) mass is 176 g/mol. The number of H-pyrrole nitrogens is 1. The van der Waals surface area contributed by atoms with E-state index >= 15 is 0 Å². The molecule has 0 fully saturated rings. The molecule has 0 saturated carbocycles. The van der Waals surface area contributed by atoms with Gasteiger partial charge >= 0.3 is 0 Å². The first kappa shape index (κ1) is 7.43. The Kier molecular flexibility index (Phi) is 1.66. The lowest BCUT2D eigenvalue weighted by Crippen LogP contribution is -1.86. The van der Waals surface area contributed by atoms with Gasteiger partial charge in [-0.25, -0.2) is 4.98 Å². The summed E-state index contributed by atoms with van der Waals surface area (Å²) < 4.78 is 0. The van der Waals surface area contributed by atoms with Gasteiger partial charge in [-0.05, 0) is 19.1 Å². The standard InChI is InChI=1S/C9H8N2S/c1-6(12)8-5-11-9-7(8)3-2-4-10-9/h2-5H,1H3,(H,10,11). The van der Waals surface area contributed by atoms with E-state index in [4.69, 9.17) is 12.2 Å². The molecule has 0 aliphatic carbocycles. The summed E-state index contributed by atoms with van der Waals surface area (Å²) >= 11 is 5.10. The van der Waals surface area contributed by atoms with Gasteiger partial charge in [-0.1, -0.05) is 12.2 Å². The molecule has 0 atom stereocenters. The Labute approximate surface area is 75.6 Å². The zero-order chi connectivity index (χ0) is 8.55. The predicted molar refractivity (Wildman–Crippen MR) is 53.5 cm³/mol.